The number of carbonyl (C=O) groups is 2. The van der Waals surface area contributed by atoms with Gasteiger partial charge in [-0.15, -0.1) is 0 Å². The zero-order valence-electron chi connectivity index (χ0n) is 19.9. The Labute approximate surface area is 210 Å². The average Bonchev–Trinajstić information content (AvgIpc) is 2.87. The monoisotopic (exact) mass is 524 g/mol. The molecule has 37 heavy (non-hydrogen) atoms. The fraction of sp³-hybridized carbons (Fsp3) is 0.478. The Bertz CT molecular complexity index is 1130. The third-order valence-corrected chi connectivity index (χ3v) is 6.10. The lowest BCUT2D eigenvalue weighted by molar-refractivity contribution is -0.149. The number of halogens is 3. The minimum absolute atomic E-state index is 0.129. The van der Waals surface area contributed by atoms with Gasteiger partial charge in [0.15, 0.2) is 5.82 Å². The van der Waals surface area contributed by atoms with Gasteiger partial charge in [0.1, 0.15) is 36.0 Å². The van der Waals surface area contributed by atoms with Crippen molar-refractivity contribution in [3.63, 3.8) is 0 Å². The molecule has 4 heterocycles. The molecule has 0 spiro atoms. The van der Waals surface area contributed by atoms with Crippen molar-refractivity contribution < 1.29 is 37.7 Å². The molecule has 0 aromatic carbocycles. The molecule has 0 radical (unpaired) electrons. The first kappa shape index (κ1) is 26.4. The number of piperidine rings is 1. The predicted molar refractivity (Wildman–Crippen MR) is 127 cm³/mol. The normalized spacial score (nSPS) is 18.5. The molecule has 1 fully saturated rings. The number of aliphatic hydroxyl groups excluding tert-OH is 2. The summed E-state index contributed by atoms with van der Waals surface area (Å²) < 4.78 is 44.0. The molecule has 4 rings (SSSR count). The van der Waals surface area contributed by atoms with E-state index in [0.717, 1.165) is 19.9 Å². The Hall–Kier alpha value is -3.65. The molecule has 2 bridgehead atoms. The fourth-order valence-electron chi connectivity index (χ4n) is 4.12. The summed E-state index contributed by atoms with van der Waals surface area (Å²) in [6.07, 6.45) is -2.80. The molecule has 0 saturated carbocycles. The molecule has 2 aliphatic heterocycles. The first-order valence-electron chi connectivity index (χ1n) is 11.7. The number of hydrogen-bond donors (Lipinski definition) is 4. The molecule has 2 aliphatic rings. The number of carbonyl (C=O) groups excluding carboxylic acids is 2. The fourth-order valence-corrected chi connectivity index (χ4v) is 4.12. The number of aromatic nitrogens is 2. The number of urea groups is 1. The Morgan fingerprint density at radius 1 is 1.27 bits per heavy atom. The van der Waals surface area contributed by atoms with Gasteiger partial charge >= 0.3 is 12.2 Å². The molecule has 3 atom stereocenters. The summed E-state index contributed by atoms with van der Waals surface area (Å²) in [5.41, 5.74) is 0.365. The second-order valence-corrected chi connectivity index (χ2v) is 8.84. The van der Waals surface area contributed by atoms with Crippen molar-refractivity contribution in [2.45, 2.75) is 44.1 Å². The molecule has 0 aliphatic carbocycles. The zero-order valence-corrected chi connectivity index (χ0v) is 19.9. The Balaban J connectivity index is 1.54. The zero-order chi connectivity index (χ0) is 26.7. The highest BCUT2D eigenvalue weighted by molar-refractivity contribution is 6.04. The molecule has 11 nitrogen and oxygen atoms in total. The third-order valence-electron chi connectivity index (χ3n) is 6.10. The van der Waals surface area contributed by atoms with Gasteiger partial charge in [0.05, 0.1) is 24.5 Å². The van der Waals surface area contributed by atoms with Crippen LogP contribution < -0.4 is 25.2 Å². The standard InChI is InChI=1S/C23H27F3N6O5/c1-13(23(24,25)26)28-21(35)17-5-6-18-20(29-17)32(14-3-2-8-31(18)10-14)22(36)30-19-7-4-16(9-27-19)37-12-15(34)11-33/h4-7,9,13-15,33-34H,2-3,8,10-12H2,1H3,(H,28,35)(H,27,30,36)/t13-,14+,15+/m1/s1. The summed E-state index contributed by atoms with van der Waals surface area (Å²) in [6.45, 7) is 1.54. The van der Waals surface area contributed by atoms with E-state index in [9.17, 15) is 27.9 Å². The van der Waals surface area contributed by atoms with Gasteiger partial charge in [-0.05, 0) is 44.0 Å². The number of alkyl halides is 3. The van der Waals surface area contributed by atoms with Crippen molar-refractivity contribution in [1.82, 2.24) is 15.3 Å². The number of nitrogens with one attached hydrogen (secondary N) is 2. The Morgan fingerprint density at radius 3 is 2.73 bits per heavy atom. The van der Waals surface area contributed by atoms with Crippen LogP contribution >= 0.6 is 0 Å². The number of hydrogen-bond acceptors (Lipinski definition) is 8. The minimum Gasteiger partial charge on any atom is -0.489 e. The van der Waals surface area contributed by atoms with Crippen LogP contribution in [0.25, 0.3) is 0 Å². The van der Waals surface area contributed by atoms with Crippen LogP contribution in [0, 0.1) is 0 Å². The Morgan fingerprint density at radius 2 is 2.05 bits per heavy atom. The van der Waals surface area contributed by atoms with Crippen LogP contribution in [0.15, 0.2) is 30.5 Å². The second kappa shape index (κ2) is 10.8. The van der Waals surface area contributed by atoms with Crippen LogP contribution in [-0.4, -0.2) is 82.8 Å². The van der Waals surface area contributed by atoms with E-state index in [1.54, 1.807) is 6.07 Å². The molecule has 14 heteroatoms. The summed E-state index contributed by atoms with van der Waals surface area (Å²) in [5.74, 6) is -0.295. The van der Waals surface area contributed by atoms with Crippen molar-refractivity contribution in [1.29, 1.82) is 0 Å². The molecule has 1 saturated heterocycles. The van der Waals surface area contributed by atoms with Crippen molar-refractivity contribution in [3.05, 3.63) is 36.2 Å². The van der Waals surface area contributed by atoms with Gasteiger partial charge in [-0.2, -0.15) is 13.2 Å². The summed E-state index contributed by atoms with van der Waals surface area (Å²) >= 11 is 0. The highest BCUT2D eigenvalue weighted by atomic mass is 19.4. The Kier molecular flexibility index (Phi) is 7.68. The van der Waals surface area contributed by atoms with Gasteiger partial charge in [0, 0.05) is 13.1 Å². The van der Waals surface area contributed by atoms with Crippen LogP contribution in [-0.2, 0) is 0 Å². The SMILES string of the molecule is C[C@@H](NC(=O)c1ccc2c(n1)N(C(=O)Nc1ccc(OC[C@@H](O)CO)cn1)[C@H]1CCCN2C1)C(F)(F)F. The highest BCUT2D eigenvalue weighted by Gasteiger charge is 2.40. The lowest BCUT2D eigenvalue weighted by Gasteiger charge is -2.45. The lowest BCUT2D eigenvalue weighted by Crippen LogP contribution is -2.56. The van der Waals surface area contributed by atoms with Crippen LogP contribution in [0.1, 0.15) is 30.3 Å². The average molecular weight is 525 g/mol. The van der Waals surface area contributed by atoms with Crippen LogP contribution in [0.5, 0.6) is 5.75 Å². The van der Waals surface area contributed by atoms with E-state index in [0.29, 0.717) is 24.4 Å². The number of amides is 3. The molecular formula is C23H27F3N6O5. The van der Waals surface area contributed by atoms with Gasteiger partial charge in [0.25, 0.3) is 5.91 Å². The number of nitrogens with zero attached hydrogens (tertiary/aromatic N) is 4. The smallest absolute Gasteiger partial charge is 0.408 e. The van der Waals surface area contributed by atoms with Crippen LogP contribution in [0.2, 0.25) is 0 Å². The third kappa shape index (κ3) is 6.02. The van der Waals surface area contributed by atoms with E-state index in [4.69, 9.17) is 9.84 Å². The summed E-state index contributed by atoms with van der Waals surface area (Å²) in [4.78, 5) is 37.7. The van der Waals surface area contributed by atoms with Gasteiger partial charge in [-0.3, -0.25) is 15.0 Å². The number of aliphatic hydroxyl groups is 2. The topological polar surface area (TPSA) is 140 Å². The minimum atomic E-state index is -4.61. The molecule has 2 aromatic heterocycles. The number of rotatable bonds is 7. The molecule has 3 amide bonds. The predicted octanol–water partition coefficient (Wildman–Crippen LogP) is 1.91. The quantitative estimate of drug-likeness (QED) is 0.431. The summed E-state index contributed by atoms with van der Waals surface area (Å²) in [7, 11) is 0. The van der Waals surface area contributed by atoms with Gasteiger partial charge in [-0.25, -0.2) is 14.8 Å². The molecule has 200 valence electrons. The second-order valence-electron chi connectivity index (χ2n) is 8.84. The van der Waals surface area contributed by atoms with Gasteiger partial charge in [-0.1, -0.05) is 0 Å². The first-order valence-corrected chi connectivity index (χ1v) is 11.7. The van der Waals surface area contributed by atoms with Crippen LogP contribution in [0.4, 0.5) is 35.3 Å². The molecule has 2 aromatic rings. The van der Waals surface area contributed by atoms with Crippen LogP contribution in [0.3, 0.4) is 0 Å². The van der Waals surface area contributed by atoms with Crippen molar-refractivity contribution in [2.24, 2.45) is 0 Å². The number of ether oxygens (including phenoxy) is 1. The van der Waals surface area contributed by atoms with E-state index in [1.807, 2.05) is 10.2 Å². The maximum atomic E-state index is 13.3. The van der Waals surface area contributed by atoms with E-state index >= 15 is 0 Å². The maximum absolute atomic E-state index is 13.3. The van der Waals surface area contributed by atoms with Crippen molar-refractivity contribution >= 4 is 29.3 Å². The van der Waals surface area contributed by atoms with E-state index in [1.165, 1.54) is 29.3 Å². The number of fused-ring (bicyclic) bond motifs is 4. The maximum Gasteiger partial charge on any atom is 0.408 e. The largest absolute Gasteiger partial charge is 0.489 e. The number of pyridine rings is 2. The number of anilines is 3. The highest BCUT2D eigenvalue weighted by Crippen LogP contribution is 2.38. The first-order chi connectivity index (χ1) is 17.6. The summed E-state index contributed by atoms with van der Waals surface area (Å²) in [6, 6.07) is 3.07. The van der Waals surface area contributed by atoms with E-state index < -0.39 is 36.9 Å². The molecule has 0 unspecified atom stereocenters. The van der Waals surface area contributed by atoms with Crippen molar-refractivity contribution in [3.8, 4) is 5.75 Å². The van der Waals surface area contributed by atoms with Crippen molar-refractivity contribution in [2.75, 3.05) is 41.4 Å². The lowest BCUT2D eigenvalue weighted by atomic mass is 9.99. The van der Waals surface area contributed by atoms with Gasteiger partial charge in [0.2, 0.25) is 0 Å². The molecular weight excluding hydrogens is 497 g/mol. The van der Waals surface area contributed by atoms with E-state index in [2.05, 4.69) is 15.3 Å². The molecule has 4 N–H and O–H groups in total. The van der Waals surface area contributed by atoms with Gasteiger partial charge < -0.3 is 25.2 Å². The van der Waals surface area contributed by atoms with E-state index in [-0.39, 0.29) is 30.0 Å². The summed E-state index contributed by atoms with van der Waals surface area (Å²) in [5, 5.41) is 22.8.